The predicted molar refractivity (Wildman–Crippen MR) is 82.1 cm³/mol. The number of carbonyl (C=O) groups excluding carboxylic acids is 1. The van der Waals surface area contributed by atoms with Gasteiger partial charge in [-0.1, -0.05) is 0 Å². The van der Waals surface area contributed by atoms with Gasteiger partial charge in [0.25, 0.3) is 0 Å². The summed E-state index contributed by atoms with van der Waals surface area (Å²) < 4.78 is 5.03. The summed E-state index contributed by atoms with van der Waals surface area (Å²) in [4.78, 5) is 15.7. The molecule has 1 heterocycles. The first-order valence-corrected chi connectivity index (χ1v) is 6.32. The van der Waals surface area contributed by atoms with Gasteiger partial charge in [0, 0.05) is 17.9 Å². The summed E-state index contributed by atoms with van der Waals surface area (Å²) in [5, 5.41) is 9.56. The minimum Gasteiger partial charge on any atom is -0.372 e. The Morgan fingerprint density at radius 3 is 2.67 bits per heavy atom. The molecule has 1 aromatic carbocycles. The lowest BCUT2D eigenvalue weighted by Gasteiger charge is -2.05. The largest absolute Gasteiger partial charge is 0.372 e. The molecule has 0 spiro atoms. The number of amides is 1. The molecule has 8 heteroatoms. The van der Waals surface area contributed by atoms with Crippen molar-refractivity contribution in [2.45, 2.75) is 13.5 Å². The number of hydrogen-bond donors (Lipinski definition) is 3. The van der Waals surface area contributed by atoms with Crippen molar-refractivity contribution in [3.63, 3.8) is 0 Å². The second kappa shape index (κ2) is 8.35. The molecular weight excluding hydrogens is 294 g/mol. The lowest BCUT2D eigenvalue weighted by atomic mass is 10.2. The second-order valence-electron chi connectivity index (χ2n) is 4.07. The molecule has 7 nitrogen and oxygen atoms in total. The summed E-state index contributed by atoms with van der Waals surface area (Å²) in [5.74, 6) is 1.04. The van der Waals surface area contributed by atoms with E-state index in [1.807, 2.05) is 19.1 Å². The number of aromatic amines is 1. The zero-order valence-corrected chi connectivity index (χ0v) is 12.4. The molecule has 1 aromatic heterocycles. The highest BCUT2D eigenvalue weighted by atomic mass is 35.5. The molecule has 0 aliphatic rings. The van der Waals surface area contributed by atoms with Crippen LogP contribution in [0.4, 0.5) is 5.69 Å². The predicted octanol–water partition coefficient (Wildman–Crippen LogP) is 1.33. The van der Waals surface area contributed by atoms with E-state index in [1.165, 1.54) is 0 Å². The number of nitrogens with two attached hydrogens (primary N) is 1. The minimum absolute atomic E-state index is 0. The number of anilines is 1. The first-order valence-electron chi connectivity index (χ1n) is 6.32. The third-order valence-corrected chi connectivity index (χ3v) is 2.59. The number of H-pyrrole nitrogens is 1. The van der Waals surface area contributed by atoms with Gasteiger partial charge in [-0.15, -0.1) is 12.4 Å². The molecule has 2 rings (SSSR count). The maximum Gasteiger partial charge on any atom is 0.250 e. The van der Waals surface area contributed by atoms with Gasteiger partial charge < -0.3 is 15.8 Å². The summed E-state index contributed by atoms with van der Waals surface area (Å²) in [7, 11) is 0. The van der Waals surface area contributed by atoms with Crippen LogP contribution in [-0.4, -0.2) is 34.3 Å². The Bertz CT molecular complexity index is 570. The lowest BCUT2D eigenvalue weighted by molar-refractivity contribution is -0.120. The summed E-state index contributed by atoms with van der Waals surface area (Å²) in [6.45, 7) is 2.73. The van der Waals surface area contributed by atoms with E-state index in [1.54, 1.807) is 12.1 Å². The van der Waals surface area contributed by atoms with Gasteiger partial charge >= 0.3 is 0 Å². The third kappa shape index (κ3) is 4.82. The fourth-order valence-corrected chi connectivity index (χ4v) is 1.61. The lowest BCUT2D eigenvalue weighted by Crippen LogP contribution is -2.18. The normalized spacial score (nSPS) is 10.0. The van der Waals surface area contributed by atoms with E-state index in [9.17, 15) is 4.79 Å². The van der Waals surface area contributed by atoms with Crippen molar-refractivity contribution >= 4 is 24.0 Å². The fourth-order valence-electron chi connectivity index (χ4n) is 1.61. The Morgan fingerprint density at radius 1 is 1.38 bits per heavy atom. The fraction of sp³-hybridized carbons (Fsp3) is 0.308. The molecule has 4 N–H and O–H groups in total. The molecule has 0 saturated carbocycles. The Kier molecular flexibility index (Phi) is 6.80. The Labute approximate surface area is 128 Å². The quantitative estimate of drug-likeness (QED) is 0.746. The molecule has 0 unspecified atom stereocenters. The van der Waals surface area contributed by atoms with Gasteiger partial charge in [0.15, 0.2) is 5.82 Å². The molecule has 1 amide bonds. The van der Waals surface area contributed by atoms with E-state index < -0.39 is 0 Å². The van der Waals surface area contributed by atoms with Crippen LogP contribution in [0, 0.1) is 0 Å². The van der Waals surface area contributed by atoms with Gasteiger partial charge in [-0.2, -0.15) is 5.10 Å². The van der Waals surface area contributed by atoms with Crippen LogP contribution >= 0.6 is 12.4 Å². The number of rotatable bonds is 6. The zero-order chi connectivity index (χ0) is 14.4. The van der Waals surface area contributed by atoms with Crippen molar-refractivity contribution in [3.05, 3.63) is 30.1 Å². The number of ether oxygens (including phenoxy) is 1. The highest BCUT2D eigenvalue weighted by Gasteiger charge is 2.06. The average molecular weight is 312 g/mol. The molecule has 0 radical (unpaired) electrons. The van der Waals surface area contributed by atoms with Gasteiger partial charge in [-0.3, -0.25) is 9.89 Å². The minimum atomic E-state index is -0.178. The monoisotopic (exact) mass is 311 g/mol. The van der Waals surface area contributed by atoms with Crippen molar-refractivity contribution in [2.24, 2.45) is 5.73 Å². The highest BCUT2D eigenvalue weighted by molar-refractivity contribution is 5.91. The smallest absolute Gasteiger partial charge is 0.250 e. The van der Waals surface area contributed by atoms with Gasteiger partial charge in [0.05, 0.1) is 6.54 Å². The maximum absolute atomic E-state index is 11.5. The first kappa shape index (κ1) is 17.1. The number of carbonyl (C=O) groups is 1. The second-order valence-corrected chi connectivity index (χ2v) is 4.07. The highest BCUT2D eigenvalue weighted by Crippen LogP contribution is 2.17. The molecule has 0 saturated heterocycles. The van der Waals surface area contributed by atoms with E-state index >= 15 is 0 Å². The summed E-state index contributed by atoms with van der Waals surface area (Å²) >= 11 is 0. The third-order valence-electron chi connectivity index (χ3n) is 2.59. The van der Waals surface area contributed by atoms with Crippen molar-refractivity contribution in [1.29, 1.82) is 0 Å². The van der Waals surface area contributed by atoms with Crippen LogP contribution in [0.15, 0.2) is 24.3 Å². The van der Waals surface area contributed by atoms with Crippen LogP contribution in [0.2, 0.25) is 0 Å². The van der Waals surface area contributed by atoms with E-state index in [0.717, 1.165) is 5.56 Å². The molecule has 0 atom stereocenters. The van der Waals surface area contributed by atoms with Crippen molar-refractivity contribution in [1.82, 2.24) is 15.2 Å². The molecule has 2 aromatic rings. The number of nitrogens with one attached hydrogen (secondary N) is 2. The molecule has 114 valence electrons. The van der Waals surface area contributed by atoms with Crippen LogP contribution in [0.1, 0.15) is 12.7 Å². The number of nitrogens with zero attached hydrogens (tertiary/aromatic N) is 2. The molecular formula is C13H18ClN5O2. The van der Waals surface area contributed by atoms with E-state index in [0.29, 0.717) is 30.5 Å². The number of hydrogen-bond acceptors (Lipinski definition) is 5. The first-order chi connectivity index (χ1) is 9.72. The molecule has 0 aliphatic carbocycles. The van der Waals surface area contributed by atoms with E-state index in [-0.39, 0.29) is 24.9 Å². The van der Waals surface area contributed by atoms with Crippen LogP contribution in [-0.2, 0) is 16.1 Å². The van der Waals surface area contributed by atoms with Gasteiger partial charge in [0.1, 0.15) is 12.4 Å². The molecule has 0 bridgehead atoms. The molecule has 21 heavy (non-hydrogen) atoms. The van der Waals surface area contributed by atoms with Crippen molar-refractivity contribution < 1.29 is 9.53 Å². The topological polar surface area (TPSA) is 106 Å². The van der Waals surface area contributed by atoms with Gasteiger partial charge in [0.2, 0.25) is 5.91 Å². The number of benzene rings is 1. The van der Waals surface area contributed by atoms with E-state index in [2.05, 4.69) is 20.5 Å². The Balaban J connectivity index is 0.00000220. The van der Waals surface area contributed by atoms with E-state index in [4.69, 9.17) is 10.5 Å². The van der Waals surface area contributed by atoms with Gasteiger partial charge in [-0.05, 0) is 31.2 Å². The standard InChI is InChI=1S/C13H17N5O2.ClH/c1-2-20-8-12(19)15-10-5-3-9(4-6-10)13-16-11(7-14)17-18-13;/h3-6H,2,7-8,14H2,1H3,(H,15,19)(H,16,17,18);1H. The Morgan fingerprint density at radius 2 is 2.10 bits per heavy atom. The van der Waals surface area contributed by atoms with Crippen molar-refractivity contribution in [3.8, 4) is 11.4 Å². The SMILES string of the molecule is CCOCC(=O)Nc1ccc(-c2n[nH]c(CN)n2)cc1.Cl. The van der Waals surface area contributed by atoms with Crippen LogP contribution in [0.5, 0.6) is 0 Å². The van der Waals surface area contributed by atoms with Crippen LogP contribution in [0.25, 0.3) is 11.4 Å². The number of halogens is 1. The average Bonchev–Trinajstić information content (AvgIpc) is 2.95. The summed E-state index contributed by atoms with van der Waals surface area (Å²) in [5.41, 5.74) is 7.02. The summed E-state index contributed by atoms with van der Waals surface area (Å²) in [6.07, 6.45) is 0. The molecule has 0 fully saturated rings. The number of aromatic nitrogens is 3. The zero-order valence-electron chi connectivity index (χ0n) is 11.6. The van der Waals surface area contributed by atoms with Crippen molar-refractivity contribution in [2.75, 3.05) is 18.5 Å². The van der Waals surface area contributed by atoms with Crippen LogP contribution in [0.3, 0.4) is 0 Å². The summed E-state index contributed by atoms with van der Waals surface area (Å²) in [6, 6.07) is 7.24. The maximum atomic E-state index is 11.5. The van der Waals surface area contributed by atoms with Gasteiger partial charge in [-0.25, -0.2) is 4.98 Å². The Hall–Kier alpha value is -1.96. The van der Waals surface area contributed by atoms with Crippen LogP contribution < -0.4 is 11.1 Å². The molecule has 0 aliphatic heterocycles.